The van der Waals surface area contributed by atoms with Crippen LogP contribution in [-0.2, 0) is 14.8 Å². The van der Waals surface area contributed by atoms with E-state index in [1.165, 1.54) is 0 Å². The number of amides is 2. The van der Waals surface area contributed by atoms with Crippen LogP contribution in [0.3, 0.4) is 0 Å². The van der Waals surface area contributed by atoms with Crippen molar-refractivity contribution in [3.05, 3.63) is 29.8 Å². The number of hydrogen-bond acceptors (Lipinski definition) is 4. The van der Waals surface area contributed by atoms with Gasteiger partial charge >= 0.3 is 6.18 Å². The molecule has 2 amide bonds. The first-order chi connectivity index (χ1) is 12.6. The third kappa shape index (κ3) is 6.51. The van der Waals surface area contributed by atoms with Crippen LogP contribution in [0, 0.1) is 5.92 Å². The predicted molar refractivity (Wildman–Crippen MR) is 89.9 cm³/mol. The Balaban J connectivity index is 1.94. The molecule has 0 aromatic heterocycles. The normalized spacial score (nSPS) is 16.0. The molecule has 150 valence electrons. The number of benzene rings is 1. The summed E-state index contributed by atoms with van der Waals surface area (Å²) < 4.78 is 60.7. The van der Waals surface area contributed by atoms with Gasteiger partial charge in [-0.05, 0) is 37.1 Å². The van der Waals surface area contributed by atoms with Gasteiger partial charge in [-0.25, -0.2) is 8.42 Å². The molecule has 0 aliphatic heterocycles. The van der Waals surface area contributed by atoms with Crippen molar-refractivity contribution in [2.75, 3.05) is 6.54 Å². The van der Waals surface area contributed by atoms with E-state index in [1.54, 1.807) is 5.32 Å². The van der Waals surface area contributed by atoms with Crippen LogP contribution in [0.15, 0.2) is 29.2 Å². The average molecular weight is 407 g/mol. The van der Waals surface area contributed by atoms with Gasteiger partial charge in [-0.2, -0.15) is 13.2 Å². The molecule has 27 heavy (non-hydrogen) atoms. The van der Waals surface area contributed by atoms with E-state index in [0.29, 0.717) is 12.8 Å². The molecule has 0 saturated heterocycles. The van der Waals surface area contributed by atoms with Gasteiger partial charge in [-0.15, -0.1) is 4.83 Å². The van der Waals surface area contributed by atoms with E-state index < -0.39 is 34.6 Å². The minimum atomic E-state index is -4.54. The van der Waals surface area contributed by atoms with Gasteiger partial charge in [0.05, 0.1) is 4.90 Å². The average Bonchev–Trinajstić information content (AvgIpc) is 2.64. The van der Waals surface area contributed by atoms with Crippen molar-refractivity contribution in [1.29, 1.82) is 0 Å². The number of sulfonamides is 1. The smallest absolute Gasteiger partial charge is 0.343 e. The number of carbonyl (C=O) groups excluding carboxylic acids is 2. The van der Waals surface area contributed by atoms with Crippen LogP contribution in [0.1, 0.15) is 42.5 Å². The van der Waals surface area contributed by atoms with Gasteiger partial charge < -0.3 is 5.32 Å². The third-order valence-corrected chi connectivity index (χ3v) is 5.42. The third-order valence-electron chi connectivity index (χ3n) is 4.16. The summed E-state index contributed by atoms with van der Waals surface area (Å²) in [5, 5.41) is 1.69. The van der Waals surface area contributed by atoms with Crippen LogP contribution in [0.2, 0.25) is 0 Å². The number of carbonyl (C=O) groups is 2. The Morgan fingerprint density at radius 2 is 1.63 bits per heavy atom. The lowest BCUT2D eigenvalue weighted by atomic mass is 9.89. The molecule has 0 unspecified atom stereocenters. The van der Waals surface area contributed by atoms with Gasteiger partial charge in [-0.3, -0.25) is 15.0 Å². The minimum absolute atomic E-state index is 0.121. The highest BCUT2D eigenvalue weighted by Crippen LogP contribution is 2.23. The molecule has 0 heterocycles. The van der Waals surface area contributed by atoms with Gasteiger partial charge in [0.1, 0.15) is 6.54 Å². The lowest BCUT2D eigenvalue weighted by Crippen LogP contribution is -2.44. The molecule has 1 aliphatic carbocycles. The molecule has 1 saturated carbocycles. The Morgan fingerprint density at radius 1 is 1.04 bits per heavy atom. The summed E-state index contributed by atoms with van der Waals surface area (Å²) in [6.07, 6.45) is -0.242. The Kier molecular flexibility index (Phi) is 6.82. The quantitative estimate of drug-likeness (QED) is 0.626. The van der Waals surface area contributed by atoms with E-state index in [0.717, 1.165) is 43.5 Å². The van der Waals surface area contributed by atoms with Crippen molar-refractivity contribution < 1.29 is 31.2 Å². The van der Waals surface area contributed by atoms with E-state index >= 15 is 0 Å². The first kappa shape index (κ1) is 21.2. The van der Waals surface area contributed by atoms with E-state index in [2.05, 4.69) is 5.43 Å². The molecule has 0 bridgehead atoms. The first-order valence-electron chi connectivity index (χ1n) is 8.35. The van der Waals surface area contributed by atoms with E-state index in [4.69, 9.17) is 0 Å². The number of alkyl halides is 3. The zero-order valence-corrected chi connectivity index (χ0v) is 15.1. The topological polar surface area (TPSA) is 104 Å². The van der Waals surface area contributed by atoms with Gasteiger partial charge in [0, 0.05) is 11.5 Å². The predicted octanol–water partition coefficient (Wildman–Crippen LogP) is 1.87. The Labute approximate surface area is 154 Å². The molecule has 2 rings (SSSR count). The lowest BCUT2D eigenvalue weighted by Gasteiger charge is -2.20. The van der Waals surface area contributed by atoms with Crippen molar-refractivity contribution in [3.63, 3.8) is 0 Å². The second kappa shape index (κ2) is 8.70. The molecule has 1 fully saturated rings. The fraction of sp³-hybridized carbons (Fsp3) is 0.500. The summed E-state index contributed by atoms with van der Waals surface area (Å²) in [6, 6.07) is 4.31. The zero-order valence-electron chi connectivity index (χ0n) is 14.3. The molecule has 7 nitrogen and oxygen atoms in total. The summed E-state index contributed by atoms with van der Waals surface area (Å²) >= 11 is 0. The Morgan fingerprint density at radius 3 is 2.19 bits per heavy atom. The van der Waals surface area contributed by atoms with Crippen molar-refractivity contribution in [1.82, 2.24) is 15.6 Å². The highest BCUT2D eigenvalue weighted by Gasteiger charge is 2.28. The van der Waals surface area contributed by atoms with Crippen LogP contribution in [0.5, 0.6) is 0 Å². The van der Waals surface area contributed by atoms with Crippen molar-refractivity contribution in [3.8, 4) is 0 Å². The maximum absolute atomic E-state index is 12.2. The van der Waals surface area contributed by atoms with Crippen LogP contribution >= 0.6 is 0 Å². The zero-order chi connectivity index (χ0) is 20.1. The molecule has 1 aromatic carbocycles. The number of hydrazine groups is 1. The second-order valence-electron chi connectivity index (χ2n) is 6.25. The van der Waals surface area contributed by atoms with Crippen LogP contribution < -0.4 is 15.6 Å². The standard InChI is InChI=1S/C16H20F3N3O4S/c17-16(18,19)10-20-14(23)12-6-8-13(9-7-12)27(25,26)22-21-15(24)11-4-2-1-3-5-11/h6-9,11,22H,1-5,10H2,(H,20,23)(H,21,24). The SMILES string of the molecule is O=C(NCC(F)(F)F)c1ccc(S(=O)(=O)NNC(=O)C2CCCCC2)cc1. The first-order valence-corrected chi connectivity index (χ1v) is 9.83. The maximum Gasteiger partial charge on any atom is 0.405 e. The van der Waals surface area contributed by atoms with Crippen LogP contribution in [0.4, 0.5) is 13.2 Å². The molecule has 1 aromatic rings. The summed E-state index contributed by atoms with van der Waals surface area (Å²) in [4.78, 5) is 25.4. The van der Waals surface area contributed by atoms with Gasteiger partial charge in [0.15, 0.2) is 0 Å². The summed E-state index contributed by atoms with van der Waals surface area (Å²) in [6.45, 7) is -1.49. The minimum Gasteiger partial charge on any atom is -0.343 e. The van der Waals surface area contributed by atoms with Crippen LogP contribution in [0.25, 0.3) is 0 Å². The molecular weight excluding hydrogens is 387 g/mol. The lowest BCUT2D eigenvalue weighted by molar-refractivity contribution is -0.126. The van der Waals surface area contributed by atoms with Gasteiger partial charge in [0.2, 0.25) is 5.91 Å². The Hall–Kier alpha value is -2.14. The fourth-order valence-electron chi connectivity index (χ4n) is 2.71. The summed E-state index contributed by atoms with van der Waals surface area (Å²) in [7, 11) is -4.07. The second-order valence-corrected chi connectivity index (χ2v) is 7.93. The van der Waals surface area contributed by atoms with Crippen molar-refractivity contribution in [2.24, 2.45) is 5.92 Å². The monoisotopic (exact) mass is 407 g/mol. The fourth-order valence-corrected chi connectivity index (χ4v) is 3.56. The number of rotatable bonds is 6. The maximum atomic E-state index is 12.2. The molecule has 3 N–H and O–H groups in total. The highest BCUT2D eigenvalue weighted by atomic mass is 32.2. The van der Waals surface area contributed by atoms with E-state index in [-0.39, 0.29) is 16.4 Å². The highest BCUT2D eigenvalue weighted by molar-refractivity contribution is 7.89. The molecule has 0 spiro atoms. The number of halogens is 3. The number of nitrogens with one attached hydrogen (secondary N) is 3. The molecule has 1 aliphatic rings. The summed E-state index contributed by atoms with van der Waals surface area (Å²) in [5.74, 6) is -1.61. The van der Waals surface area contributed by atoms with E-state index in [1.807, 2.05) is 4.83 Å². The molecular formula is C16H20F3N3O4S. The molecule has 11 heteroatoms. The summed E-state index contributed by atoms with van der Waals surface area (Å²) in [5.41, 5.74) is 2.06. The Bertz CT molecular complexity index is 773. The van der Waals surface area contributed by atoms with Gasteiger partial charge in [0.25, 0.3) is 15.9 Å². The van der Waals surface area contributed by atoms with Crippen molar-refractivity contribution in [2.45, 2.75) is 43.2 Å². The van der Waals surface area contributed by atoms with Gasteiger partial charge in [-0.1, -0.05) is 19.3 Å². The van der Waals surface area contributed by atoms with Crippen LogP contribution in [-0.4, -0.2) is 33.0 Å². The number of hydrogen-bond donors (Lipinski definition) is 3. The van der Waals surface area contributed by atoms with Crippen molar-refractivity contribution >= 4 is 21.8 Å². The molecule has 0 radical (unpaired) electrons. The molecule has 0 atom stereocenters. The van der Waals surface area contributed by atoms with E-state index in [9.17, 15) is 31.2 Å². The largest absolute Gasteiger partial charge is 0.405 e.